The molecule has 158 valence electrons. The zero-order valence-electron chi connectivity index (χ0n) is 17.1. The number of pyridine rings is 1. The number of carbonyl (C=O) groups excluding carboxylic acids is 1. The number of nitrogens with zero attached hydrogens (tertiary/aromatic N) is 1. The average Bonchev–Trinajstić information content (AvgIpc) is 2.78. The van der Waals surface area contributed by atoms with Gasteiger partial charge in [0.25, 0.3) is 0 Å². The van der Waals surface area contributed by atoms with Crippen molar-refractivity contribution in [3.05, 3.63) is 107 Å². The Morgan fingerprint density at radius 3 is 2.39 bits per heavy atom. The van der Waals surface area contributed by atoms with Crippen molar-refractivity contribution in [3.8, 4) is 0 Å². The van der Waals surface area contributed by atoms with Crippen LogP contribution in [0.4, 0.5) is 0 Å². The number of aromatic nitrogens is 1. The smallest absolute Gasteiger partial charge is 0.330 e. The maximum absolute atomic E-state index is 12.6. The number of hydrogen-bond donors (Lipinski definition) is 0. The van der Waals surface area contributed by atoms with Crippen LogP contribution in [0.25, 0.3) is 12.2 Å². The van der Waals surface area contributed by atoms with Gasteiger partial charge in [0.1, 0.15) is 0 Å². The first-order valence-electron chi connectivity index (χ1n) is 9.82. The SMILES string of the molecule is CCOC(=O)/C=C/c1cc(/C=C/S(=O)(=O)c2ccccc2)cc(Cc2cccnc2)c1. The molecular formula is C25H23NO4S. The average molecular weight is 434 g/mol. The second-order valence-electron chi connectivity index (χ2n) is 6.79. The molecule has 5 nitrogen and oxygen atoms in total. The van der Waals surface area contributed by atoms with E-state index in [0.717, 1.165) is 16.7 Å². The molecule has 0 atom stereocenters. The highest BCUT2D eigenvalue weighted by molar-refractivity contribution is 7.94. The van der Waals surface area contributed by atoms with Gasteiger partial charge >= 0.3 is 5.97 Å². The van der Waals surface area contributed by atoms with E-state index in [-0.39, 0.29) is 4.90 Å². The topological polar surface area (TPSA) is 73.3 Å². The van der Waals surface area contributed by atoms with Crippen LogP contribution in [-0.4, -0.2) is 26.0 Å². The van der Waals surface area contributed by atoms with E-state index in [1.54, 1.807) is 61.8 Å². The molecule has 1 aromatic heterocycles. The molecule has 0 fully saturated rings. The molecule has 0 saturated heterocycles. The zero-order valence-corrected chi connectivity index (χ0v) is 18.0. The summed E-state index contributed by atoms with van der Waals surface area (Å²) in [7, 11) is -3.56. The monoisotopic (exact) mass is 433 g/mol. The van der Waals surface area contributed by atoms with Crippen LogP contribution in [0.15, 0.2) is 89.4 Å². The lowest BCUT2D eigenvalue weighted by atomic mass is 10.0. The molecule has 0 aliphatic carbocycles. The molecule has 0 unspecified atom stereocenters. The minimum Gasteiger partial charge on any atom is -0.463 e. The van der Waals surface area contributed by atoms with Gasteiger partial charge < -0.3 is 4.74 Å². The van der Waals surface area contributed by atoms with Gasteiger partial charge in [-0.1, -0.05) is 36.4 Å². The zero-order chi connectivity index (χ0) is 22.1. The molecule has 0 spiro atoms. The molecule has 0 N–H and O–H groups in total. The standard InChI is InChI=1S/C25H23NO4S/c1-2-30-25(27)11-10-20-15-21(12-14-31(28,29)24-8-4-3-5-9-24)17-23(16-20)18-22-7-6-13-26-19-22/h3-17,19H,2,18H2,1H3/b11-10+,14-12+. The number of carbonyl (C=O) groups is 1. The van der Waals surface area contributed by atoms with Crippen molar-refractivity contribution in [1.29, 1.82) is 0 Å². The van der Waals surface area contributed by atoms with E-state index in [0.29, 0.717) is 18.6 Å². The van der Waals surface area contributed by atoms with Crippen LogP contribution >= 0.6 is 0 Å². The minimum absolute atomic E-state index is 0.236. The van der Waals surface area contributed by atoms with Crippen LogP contribution in [0.3, 0.4) is 0 Å². The number of esters is 1. The summed E-state index contributed by atoms with van der Waals surface area (Å²) in [4.78, 5) is 16.1. The lowest BCUT2D eigenvalue weighted by molar-refractivity contribution is -0.137. The molecule has 3 aromatic rings. The normalized spacial score (nSPS) is 11.8. The third-order valence-electron chi connectivity index (χ3n) is 4.38. The maximum Gasteiger partial charge on any atom is 0.330 e. The number of benzene rings is 2. The van der Waals surface area contributed by atoms with Crippen molar-refractivity contribution in [2.24, 2.45) is 0 Å². The molecule has 6 heteroatoms. The fourth-order valence-corrected chi connectivity index (χ4v) is 4.02. The Bertz CT molecular complexity index is 1180. The van der Waals surface area contributed by atoms with Crippen LogP contribution in [0.5, 0.6) is 0 Å². The molecule has 0 aliphatic heterocycles. The van der Waals surface area contributed by atoms with Crippen molar-refractivity contribution in [1.82, 2.24) is 4.98 Å². The first kappa shape index (κ1) is 22.2. The largest absolute Gasteiger partial charge is 0.463 e. The fraction of sp³-hybridized carbons (Fsp3) is 0.120. The van der Waals surface area contributed by atoms with E-state index in [1.807, 2.05) is 30.3 Å². The molecule has 0 amide bonds. The van der Waals surface area contributed by atoms with Crippen molar-refractivity contribution >= 4 is 28.0 Å². The van der Waals surface area contributed by atoms with Crippen LogP contribution < -0.4 is 0 Å². The highest BCUT2D eigenvalue weighted by atomic mass is 32.2. The van der Waals surface area contributed by atoms with E-state index in [9.17, 15) is 13.2 Å². The fourth-order valence-electron chi connectivity index (χ4n) is 2.99. The highest BCUT2D eigenvalue weighted by Gasteiger charge is 2.09. The van der Waals surface area contributed by atoms with Crippen LogP contribution in [-0.2, 0) is 25.8 Å². The molecule has 2 aromatic carbocycles. The van der Waals surface area contributed by atoms with E-state index in [4.69, 9.17) is 4.74 Å². The van der Waals surface area contributed by atoms with E-state index >= 15 is 0 Å². The van der Waals surface area contributed by atoms with Crippen molar-refractivity contribution in [2.75, 3.05) is 6.61 Å². The number of rotatable bonds is 8. The summed E-state index contributed by atoms with van der Waals surface area (Å²) in [6.07, 6.45) is 8.72. The predicted molar refractivity (Wildman–Crippen MR) is 122 cm³/mol. The second kappa shape index (κ2) is 10.5. The first-order valence-corrected chi connectivity index (χ1v) is 11.4. The Morgan fingerprint density at radius 1 is 0.968 bits per heavy atom. The lowest BCUT2D eigenvalue weighted by Crippen LogP contribution is -1.99. The molecule has 3 rings (SSSR count). The molecule has 1 heterocycles. The van der Waals surface area contributed by atoms with Gasteiger partial charge in [-0.05, 0) is 72.0 Å². The molecule has 0 radical (unpaired) electrons. The van der Waals surface area contributed by atoms with E-state index in [2.05, 4.69) is 4.98 Å². The van der Waals surface area contributed by atoms with Crippen molar-refractivity contribution in [3.63, 3.8) is 0 Å². The number of sulfone groups is 1. The van der Waals surface area contributed by atoms with Gasteiger partial charge in [0.2, 0.25) is 0 Å². The summed E-state index contributed by atoms with van der Waals surface area (Å²) >= 11 is 0. The van der Waals surface area contributed by atoms with E-state index < -0.39 is 15.8 Å². The number of ether oxygens (including phenoxy) is 1. The lowest BCUT2D eigenvalue weighted by Gasteiger charge is -2.06. The summed E-state index contributed by atoms with van der Waals surface area (Å²) < 4.78 is 30.1. The summed E-state index contributed by atoms with van der Waals surface area (Å²) in [6.45, 7) is 2.05. The van der Waals surface area contributed by atoms with Gasteiger partial charge in [0.05, 0.1) is 11.5 Å². The third kappa shape index (κ3) is 6.76. The molecule has 0 aliphatic rings. The Kier molecular flexibility index (Phi) is 7.51. The van der Waals surface area contributed by atoms with Crippen molar-refractivity contribution in [2.45, 2.75) is 18.2 Å². The Labute approximate surface area is 182 Å². The summed E-state index contributed by atoms with van der Waals surface area (Å²) in [5.41, 5.74) is 3.48. The molecule has 0 saturated carbocycles. The molecular weight excluding hydrogens is 410 g/mol. The Morgan fingerprint density at radius 2 is 1.71 bits per heavy atom. The van der Waals surface area contributed by atoms with Gasteiger partial charge in [-0.25, -0.2) is 13.2 Å². The summed E-state index contributed by atoms with van der Waals surface area (Å²) in [5, 5.41) is 1.20. The van der Waals surface area contributed by atoms with Crippen LogP contribution in [0.2, 0.25) is 0 Å². The minimum atomic E-state index is -3.56. The van der Waals surface area contributed by atoms with Gasteiger partial charge in [-0.15, -0.1) is 0 Å². The Balaban J connectivity index is 1.93. The van der Waals surface area contributed by atoms with Crippen LogP contribution in [0.1, 0.15) is 29.2 Å². The second-order valence-corrected chi connectivity index (χ2v) is 8.63. The summed E-state index contributed by atoms with van der Waals surface area (Å²) in [6, 6.07) is 17.8. The van der Waals surface area contributed by atoms with E-state index in [1.165, 1.54) is 11.5 Å². The maximum atomic E-state index is 12.6. The highest BCUT2D eigenvalue weighted by Crippen LogP contribution is 2.19. The van der Waals surface area contributed by atoms with Gasteiger partial charge in [-0.2, -0.15) is 0 Å². The number of hydrogen-bond acceptors (Lipinski definition) is 5. The van der Waals surface area contributed by atoms with Crippen molar-refractivity contribution < 1.29 is 17.9 Å². The molecule has 0 bridgehead atoms. The van der Waals surface area contributed by atoms with Gasteiger partial charge in [0, 0.05) is 23.9 Å². The van der Waals surface area contributed by atoms with Gasteiger partial charge in [0.15, 0.2) is 9.84 Å². The van der Waals surface area contributed by atoms with Crippen LogP contribution in [0, 0.1) is 0 Å². The van der Waals surface area contributed by atoms with Gasteiger partial charge in [-0.3, -0.25) is 4.98 Å². The molecule has 31 heavy (non-hydrogen) atoms. The summed E-state index contributed by atoms with van der Waals surface area (Å²) in [5.74, 6) is -0.427. The predicted octanol–water partition coefficient (Wildman–Crippen LogP) is 4.69. The Hall–Kier alpha value is -3.51. The quantitative estimate of drug-likeness (QED) is 0.380. The first-order chi connectivity index (χ1) is 15.0. The third-order valence-corrected chi connectivity index (χ3v) is 5.80.